The highest BCUT2D eigenvalue weighted by molar-refractivity contribution is 9.10. The molecule has 7 heteroatoms. The summed E-state index contributed by atoms with van der Waals surface area (Å²) in [4.78, 5) is 14.4. The summed E-state index contributed by atoms with van der Waals surface area (Å²) in [5.41, 5.74) is 0.499. The highest BCUT2D eigenvalue weighted by Gasteiger charge is 2.14. The molecule has 2 aromatic rings. The van der Waals surface area contributed by atoms with Crippen molar-refractivity contribution >= 4 is 33.2 Å². The van der Waals surface area contributed by atoms with E-state index < -0.39 is 4.92 Å². The fraction of sp³-hybridized carbons (Fsp3) is 0.0833. The van der Waals surface area contributed by atoms with Gasteiger partial charge in [-0.3, -0.25) is 10.1 Å². The van der Waals surface area contributed by atoms with Crippen LogP contribution < -0.4 is 4.74 Å². The minimum absolute atomic E-state index is 0.0105. The first kappa shape index (κ1) is 13.8. The van der Waals surface area contributed by atoms with Crippen LogP contribution >= 0.6 is 27.5 Å². The first-order chi connectivity index (χ1) is 9.06. The topological polar surface area (TPSA) is 65.3 Å². The molecule has 5 nitrogen and oxygen atoms in total. The zero-order valence-electron chi connectivity index (χ0n) is 9.55. The molecule has 0 bridgehead atoms. The van der Waals surface area contributed by atoms with E-state index in [9.17, 15) is 10.1 Å². The second-order valence-electron chi connectivity index (χ2n) is 3.64. The van der Waals surface area contributed by atoms with Crippen LogP contribution in [0, 0.1) is 10.1 Å². The van der Waals surface area contributed by atoms with Gasteiger partial charge in [0.25, 0.3) is 5.69 Å². The maximum atomic E-state index is 10.9. The van der Waals surface area contributed by atoms with E-state index in [1.807, 2.05) is 0 Å². The lowest BCUT2D eigenvalue weighted by atomic mass is 10.2. The first-order valence-corrected chi connectivity index (χ1v) is 6.40. The Kier molecular flexibility index (Phi) is 4.34. The smallest absolute Gasteiger partial charge is 0.277 e. The lowest BCUT2D eigenvalue weighted by molar-refractivity contribution is -0.385. The standard InChI is InChI=1S/C12H8BrClN2O3/c13-9-2-1-8(11(5-9)16(17)18)7-19-10-3-4-12(14)15-6-10/h1-6H,7H2. The van der Waals surface area contributed by atoms with E-state index in [1.165, 1.54) is 12.3 Å². The molecule has 0 spiro atoms. The van der Waals surface area contributed by atoms with Crippen molar-refractivity contribution in [1.29, 1.82) is 0 Å². The summed E-state index contributed by atoms with van der Waals surface area (Å²) in [5.74, 6) is 0.501. The summed E-state index contributed by atoms with van der Waals surface area (Å²) >= 11 is 8.85. The molecule has 98 valence electrons. The van der Waals surface area contributed by atoms with Gasteiger partial charge in [-0.15, -0.1) is 0 Å². The largest absolute Gasteiger partial charge is 0.487 e. The van der Waals surface area contributed by atoms with E-state index in [0.717, 1.165) is 0 Å². The zero-order chi connectivity index (χ0) is 13.8. The maximum absolute atomic E-state index is 10.9. The van der Waals surface area contributed by atoms with Gasteiger partial charge in [-0.05, 0) is 24.3 Å². The van der Waals surface area contributed by atoms with Crippen LogP contribution in [0.5, 0.6) is 5.75 Å². The molecule has 0 aliphatic heterocycles. The van der Waals surface area contributed by atoms with Gasteiger partial charge in [0.1, 0.15) is 17.5 Å². The number of halogens is 2. The Bertz CT molecular complexity index is 604. The van der Waals surface area contributed by atoms with Crippen molar-refractivity contribution in [2.75, 3.05) is 0 Å². The molecule has 1 aromatic carbocycles. The third kappa shape index (κ3) is 3.65. The lowest BCUT2D eigenvalue weighted by Gasteiger charge is -2.06. The summed E-state index contributed by atoms with van der Waals surface area (Å²) in [6, 6.07) is 8.06. The molecule has 0 radical (unpaired) electrons. The first-order valence-electron chi connectivity index (χ1n) is 5.23. The van der Waals surface area contributed by atoms with Gasteiger partial charge in [-0.2, -0.15) is 0 Å². The summed E-state index contributed by atoms with van der Waals surface area (Å²) in [7, 11) is 0. The fourth-order valence-corrected chi connectivity index (χ4v) is 1.90. The molecule has 0 saturated heterocycles. The van der Waals surface area contributed by atoms with Crippen LogP contribution in [0.3, 0.4) is 0 Å². The van der Waals surface area contributed by atoms with E-state index in [4.69, 9.17) is 16.3 Å². The molecular formula is C12H8BrClN2O3. The molecule has 19 heavy (non-hydrogen) atoms. The number of benzene rings is 1. The van der Waals surface area contributed by atoms with E-state index in [0.29, 0.717) is 20.9 Å². The quantitative estimate of drug-likeness (QED) is 0.478. The molecule has 0 atom stereocenters. The SMILES string of the molecule is O=[N+]([O-])c1cc(Br)ccc1COc1ccc(Cl)nc1. The molecular weight excluding hydrogens is 336 g/mol. The molecule has 1 aromatic heterocycles. The second kappa shape index (κ2) is 5.99. The van der Waals surface area contributed by atoms with Crippen molar-refractivity contribution in [2.24, 2.45) is 0 Å². The van der Waals surface area contributed by atoms with Crippen LogP contribution in [0.15, 0.2) is 41.0 Å². The van der Waals surface area contributed by atoms with Crippen LogP contribution in [-0.2, 0) is 6.61 Å². The van der Waals surface area contributed by atoms with Crippen molar-refractivity contribution in [1.82, 2.24) is 4.98 Å². The number of rotatable bonds is 4. The van der Waals surface area contributed by atoms with Crippen LogP contribution in [-0.4, -0.2) is 9.91 Å². The van der Waals surface area contributed by atoms with Gasteiger partial charge in [0.15, 0.2) is 0 Å². The monoisotopic (exact) mass is 342 g/mol. The Balaban J connectivity index is 2.15. The molecule has 0 unspecified atom stereocenters. The minimum Gasteiger partial charge on any atom is -0.487 e. The van der Waals surface area contributed by atoms with Gasteiger partial charge in [0, 0.05) is 10.5 Å². The van der Waals surface area contributed by atoms with Gasteiger partial charge in [-0.1, -0.05) is 27.5 Å². The number of hydrogen-bond donors (Lipinski definition) is 0. The maximum Gasteiger partial charge on any atom is 0.277 e. The molecule has 0 amide bonds. The van der Waals surface area contributed by atoms with Gasteiger partial charge in [0.2, 0.25) is 0 Å². The third-order valence-corrected chi connectivity index (χ3v) is 3.06. The number of nitrogens with zero attached hydrogens (tertiary/aromatic N) is 2. The Morgan fingerprint density at radius 3 is 2.79 bits per heavy atom. The Morgan fingerprint density at radius 1 is 1.37 bits per heavy atom. The van der Waals surface area contributed by atoms with Crippen LogP contribution in [0.2, 0.25) is 5.15 Å². The predicted octanol–water partition coefficient (Wildman–Crippen LogP) is 3.98. The summed E-state index contributed by atoms with van der Waals surface area (Å²) in [5, 5.41) is 11.3. The second-order valence-corrected chi connectivity index (χ2v) is 4.94. The highest BCUT2D eigenvalue weighted by Crippen LogP contribution is 2.25. The molecule has 1 heterocycles. The van der Waals surface area contributed by atoms with E-state index in [2.05, 4.69) is 20.9 Å². The van der Waals surface area contributed by atoms with E-state index in [-0.39, 0.29) is 12.3 Å². The average Bonchev–Trinajstić information content (AvgIpc) is 2.39. The third-order valence-electron chi connectivity index (χ3n) is 2.34. The summed E-state index contributed by atoms with van der Waals surface area (Å²) in [6.07, 6.45) is 1.47. The molecule has 0 saturated carbocycles. The Morgan fingerprint density at radius 2 is 2.16 bits per heavy atom. The Labute approximate surface area is 122 Å². The highest BCUT2D eigenvalue weighted by atomic mass is 79.9. The normalized spacial score (nSPS) is 10.2. The lowest BCUT2D eigenvalue weighted by Crippen LogP contribution is -2.00. The van der Waals surface area contributed by atoms with Gasteiger partial charge >= 0.3 is 0 Å². The summed E-state index contributed by atoms with van der Waals surface area (Å²) in [6.45, 7) is 0.0902. The van der Waals surface area contributed by atoms with Gasteiger partial charge < -0.3 is 4.74 Å². The molecule has 0 N–H and O–H groups in total. The van der Waals surface area contributed by atoms with Crippen molar-refractivity contribution < 1.29 is 9.66 Å². The molecule has 0 aliphatic rings. The number of ether oxygens (including phenoxy) is 1. The number of hydrogen-bond acceptors (Lipinski definition) is 4. The molecule has 0 fully saturated rings. The van der Waals surface area contributed by atoms with Crippen molar-refractivity contribution in [3.05, 3.63) is 61.8 Å². The van der Waals surface area contributed by atoms with Gasteiger partial charge in [-0.25, -0.2) is 4.98 Å². The number of nitro benzene ring substituents is 1. The van der Waals surface area contributed by atoms with Crippen molar-refractivity contribution in [3.63, 3.8) is 0 Å². The Hall–Kier alpha value is -1.66. The fourth-order valence-electron chi connectivity index (χ4n) is 1.44. The van der Waals surface area contributed by atoms with Crippen molar-refractivity contribution in [2.45, 2.75) is 6.61 Å². The van der Waals surface area contributed by atoms with Crippen molar-refractivity contribution in [3.8, 4) is 5.75 Å². The summed E-state index contributed by atoms with van der Waals surface area (Å²) < 4.78 is 6.09. The number of pyridine rings is 1. The van der Waals surface area contributed by atoms with Crippen LogP contribution in [0.25, 0.3) is 0 Å². The minimum atomic E-state index is -0.441. The number of aromatic nitrogens is 1. The molecule has 2 rings (SSSR count). The zero-order valence-corrected chi connectivity index (χ0v) is 11.9. The van der Waals surface area contributed by atoms with Crippen LogP contribution in [0.1, 0.15) is 5.56 Å². The van der Waals surface area contributed by atoms with Crippen LogP contribution in [0.4, 0.5) is 5.69 Å². The van der Waals surface area contributed by atoms with E-state index >= 15 is 0 Å². The van der Waals surface area contributed by atoms with E-state index in [1.54, 1.807) is 24.3 Å². The predicted molar refractivity (Wildman–Crippen MR) is 74.4 cm³/mol. The molecule has 0 aliphatic carbocycles. The number of nitro groups is 1. The van der Waals surface area contributed by atoms with Gasteiger partial charge in [0.05, 0.1) is 16.7 Å². The average molecular weight is 344 g/mol.